The predicted octanol–water partition coefficient (Wildman–Crippen LogP) is 1.95. The molecule has 0 saturated carbocycles. The molecule has 0 aliphatic heterocycles. The van der Waals surface area contributed by atoms with Gasteiger partial charge < -0.3 is 10.6 Å². The minimum Gasteiger partial charge on any atom is -0.359 e. The summed E-state index contributed by atoms with van der Waals surface area (Å²) in [6.45, 7) is 5.15. The van der Waals surface area contributed by atoms with Crippen molar-refractivity contribution in [1.29, 1.82) is 0 Å². The van der Waals surface area contributed by atoms with Gasteiger partial charge in [-0.25, -0.2) is 4.98 Å². The lowest BCUT2D eigenvalue weighted by Crippen LogP contribution is -2.22. The zero-order valence-corrected chi connectivity index (χ0v) is 9.20. The van der Waals surface area contributed by atoms with Crippen molar-refractivity contribution in [2.45, 2.75) is 26.3 Å². The largest absolute Gasteiger partial charge is 0.359 e. The number of hydrogen-bond donors (Lipinski definition) is 1. The van der Waals surface area contributed by atoms with Crippen LogP contribution in [0.25, 0.3) is 0 Å². The summed E-state index contributed by atoms with van der Waals surface area (Å²) >= 11 is 0. The maximum Gasteiger partial charge on any atom is 0.133 e. The first-order valence-electron chi connectivity index (χ1n) is 5.08. The number of hydrogen-bond acceptors (Lipinski definition) is 3. The molecule has 3 nitrogen and oxygen atoms in total. The zero-order chi connectivity index (χ0) is 10.6. The first kappa shape index (κ1) is 11.0. The van der Waals surface area contributed by atoms with Crippen molar-refractivity contribution in [2.75, 3.05) is 18.5 Å². The molecule has 1 heterocycles. The van der Waals surface area contributed by atoms with Gasteiger partial charge in [0.15, 0.2) is 0 Å². The van der Waals surface area contributed by atoms with Crippen LogP contribution in [0.2, 0.25) is 0 Å². The molecule has 1 aromatic rings. The SMILES string of the molecule is CCCN(C)c1ncccc1[C@H](C)N. The van der Waals surface area contributed by atoms with Crippen molar-refractivity contribution in [1.82, 2.24) is 4.98 Å². The van der Waals surface area contributed by atoms with Crippen molar-refractivity contribution >= 4 is 5.82 Å². The minimum atomic E-state index is 0.0398. The van der Waals surface area contributed by atoms with Gasteiger partial charge in [0.2, 0.25) is 0 Å². The highest BCUT2D eigenvalue weighted by atomic mass is 15.2. The molecule has 1 atom stereocenters. The van der Waals surface area contributed by atoms with Crippen LogP contribution < -0.4 is 10.6 Å². The summed E-state index contributed by atoms with van der Waals surface area (Å²) in [4.78, 5) is 6.52. The number of rotatable bonds is 4. The molecule has 0 aliphatic carbocycles. The van der Waals surface area contributed by atoms with Crippen LogP contribution in [-0.2, 0) is 0 Å². The maximum atomic E-state index is 5.88. The van der Waals surface area contributed by atoms with E-state index < -0.39 is 0 Å². The summed E-state index contributed by atoms with van der Waals surface area (Å²) in [5.74, 6) is 1.00. The van der Waals surface area contributed by atoms with Crippen LogP contribution in [-0.4, -0.2) is 18.6 Å². The minimum absolute atomic E-state index is 0.0398. The van der Waals surface area contributed by atoms with Gasteiger partial charge in [-0.2, -0.15) is 0 Å². The monoisotopic (exact) mass is 193 g/mol. The van der Waals surface area contributed by atoms with Gasteiger partial charge in [-0.15, -0.1) is 0 Å². The Morgan fingerprint density at radius 1 is 1.57 bits per heavy atom. The maximum absolute atomic E-state index is 5.88. The van der Waals surface area contributed by atoms with Gasteiger partial charge in [-0.05, 0) is 19.4 Å². The molecule has 1 aromatic heterocycles. The normalized spacial score (nSPS) is 12.6. The molecule has 0 aromatic carbocycles. The van der Waals surface area contributed by atoms with Crippen LogP contribution in [0, 0.1) is 0 Å². The van der Waals surface area contributed by atoms with Crippen LogP contribution in [0.1, 0.15) is 31.9 Å². The molecule has 0 radical (unpaired) electrons. The Morgan fingerprint density at radius 3 is 2.86 bits per heavy atom. The number of aromatic nitrogens is 1. The van der Waals surface area contributed by atoms with Gasteiger partial charge in [0.25, 0.3) is 0 Å². The highest BCUT2D eigenvalue weighted by Gasteiger charge is 2.10. The zero-order valence-electron chi connectivity index (χ0n) is 9.20. The summed E-state index contributed by atoms with van der Waals surface area (Å²) in [5, 5.41) is 0. The van der Waals surface area contributed by atoms with Gasteiger partial charge in [-0.3, -0.25) is 0 Å². The fourth-order valence-electron chi connectivity index (χ4n) is 1.53. The molecule has 0 saturated heterocycles. The molecule has 0 bridgehead atoms. The Kier molecular flexibility index (Phi) is 3.89. The molecule has 2 N–H and O–H groups in total. The summed E-state index contributed by atoms with van der Waals surface area (Å²) in [6, 6.07) is 4.01. The molecule has 0 aliphatic rings. The standard InChI is InChI=1S/C11H19N3/c1-4-8-14(3)11-10(9(2)12)6-5-7-13-11/h5-7,9H,4,8,12H2,1-3H3/t9-/m0/s1. The summed E-state index contributed by atoms with van der Waals surface area (Å²) < 4.78 is 0. The fourth-order valence-corrected chi connectivity index (χ4v) is 1.53. The Balaban J connectivity index is 2.94. The van der Waals surface area contributed by atoms with E-state index in [-0.39, 0.29) is 6.04 Å². The van der Waals surface area contributed by atoms with E-state index in [1.807, 2.05) is 25.3 Å². The van der Waals surface area contributed by atoms with Crippen molar-refractivity contribution in [3.63, 3.8) is 0 Å². The highest BCUT2D eigenvalue weighted by Crippen LogP contribution is 2.21. The number of nitrogens with zero attached hydrogens (tertiary/aromatic N) is 2. The van der Waals surface area contributed by atoms with Crippen LogP contribution >= 0.6 is 0 Å². The van der Waals surface area contributed by atoms with Gasteiger partial charge >= 0.3 is 0 Å². The molecule has 0 unspecified atom stereocenters. The number of anilines is 1. The molecular weight excluding hydrogens is 174 g/mol. The molecule has 0 spiro atoms. The lowest BCUT2D eigenvalue weighted by atomic mass is 10.1. The quantitative estimate of drug-likeness (QED) is 0.794. The van der Waals surface area contributed by atoms with Crippen molar-refractivity contribution in [3.8, 4) is 0 Å². The van der Waals surface area contributed by atoms with E-state index >= 15 is 0 Å². The van der Waals surface area contributed by atoms with Gasteiger partial charge in [0.1, 0.15) is 5.82 Å². The van der Waals surface area contributed by atoms with Crippen LogP contribution in [0.15, 0.2) is 18.3 Å². The van der Waals surface area contributed by atoms with E-state index in [1.54, 1.807) is 0 Å². The van der Waals surface area contributed by atoms with Crippen LogP contribution in [0.3, 0.4) is 0 Å². The van der Waals surface area contributed by atoms with E-state index in [1.165, 1.54) is 0 Å². The third-order valence-corrected chi connectivity index (χ3v) is 2.23. The first-order valence-corrected chi connectivity index (χ1v) is 5.08. The second-order valence-electron chi connectivity index (χ2n) is 3.63. The van der Waals surface area contributed by atoms with Gasteiger partial charge in [-0.1, -0.05) is 13.0 Å². The second kappa shape index (κ2) is 4.96. The summed E-state index contributed by atoms with van der Waals surface area (Å²) in [6.07, 6.45) is 2.93. The van der Waals surface area contributed by atoms with E-state index in [4.69, 9.17) is 5.73 Å². The topological polar surface area (TPSA) is 42.2 Å². The summed E-state index contributed by atoms with van der Waals surface area (Å²) in [5.41, 5.74) is 7.00. The van der Waals surface area contributed by atoms with E-state index in [9.17, 15) is 0 Å². The average Bonchev–Trinajstić information content (AvgIpc) is 2.18. The van der Waals surface area contributed by atoms with E-state index in [2.05, 4.69) is 23.9 Å². The molecule has 3 heteroatoms. The third-order valence-electron chi connectivity index (χ3n) is 2.23. The Hall–Kier alpha value is -1.09. The molecule has 14 heavy (non-hydrogen) atoms. The molecule has 0 amide bonds. The van der Waals surface area contributed by atoms with Crippen molar-refractivity contribution in [3.05, 3.63) is 23.9 Å². The molecule has 1 rings (SSSR count). The van der Waals surface area contributed by atoms with Crippen LogP contribution in [0.5, 0.6) is 0 Å². The Labute approximate surface area is 85.9 Å². The van der Waals surface area contributed by atoms with Crippen molar-refractivity contribution in [2.24, 2.45) is 5.73 Å². The lowest BCUT2D eigenvalue weighted by molar-refractivity contribution is 0.778. The number of pyridine rings is 1. The van der Waals surface area contributed by atoms with E-state index in [0.717, 1.165) is 24.3 Å². The summed E-state index contributed by atoms with van der Waals surface area (Å²) in [7, 11) is 2.05. The predicted molar refractivity (Wildman–Crippen MR) is 60.4 cm³/mol. The fraction of sp³-hybridized carbons (Fsp3) is 0.545. The second-order valence-corrected chi connectivity index (χ2v) is 3.63. The smallest absolute Gasteiger partial charge is 0.133 e. The molecular formula is C11H19N3. The lowest BCUT2D eigenvalue weighted by Gasteiger charge is -2.21. The molecule has 78 valence electrons. The van der Waals surface area contributed by atoms with Crippen LogP contribution in [0.4, 0.5) is 5.82 Å². The highest BCUT2D eigenvalue weighted by molar-refractivity contribution is 5.47. The van der Waals surface area contributed by atoms with Gasteiger partial charge in [0.05, 0.1) is 0 Å². The number of nitrogens with two attached hydrogens (primary N) is 1. The van der Waals surface area contributed by atoms with Crippen molar-refractivity contribution < 1.29 is 0 Å². The first-order chi connectivity index (χ1) is 6.66. The Bertz CT molecular complexity index is 284. The average molecular weight is 193 g/mol. The molecule has 0 fully saturated rings. The Morgan fingerprint density at radius 2 is 2.29 bits per heavy atom. The van der Waals surface area contributed by atoms with Gasteiger partial charge in [0, 0.05) is 31.4 Å². The van der Waals surface area contributed by atoms with E-state index in [0.29, 0.717) is 0 Å². The third kappa shape index (κ3) is 2.45.